The summed E-state index contributed by atoms with van der Waals surface area (Å²) < 4.78 is 18.2. The number of rotatable bonds is 7. The van der Waals surface area contributed by atoms with Crippen LogP contribution in [-0.4, -0.2) is 42.5 Å². The van der Waals surface area contributed by atoms with Crippen molar-refractivity contribution in [2.75, 3.05) is 19.7 Å². The standard InChI is InChI=1S/C17H23FN2O3/c1-12(2)16(20-10-3-4-15(20)21)17(22)19-9-11-23-14-7-5-13(18)6-8-14/h5-8,12,16H,3-4,9-11H2,1-2H3,(H,19,22)/t16-/m1/s1. The number of amides is 2. The fourth-order valence-corrected chi connectivity index (χ4v) is 2.75. The van der Waals surface area contributed by atoms with Crippen LogP contribution >= 0.6 is 0 Å². The van der Waals surface area contributed by atoms with Crippen molar-refractivity contribution in [3.8, 4) is 5.75 Å². The minimum absolute atomic E-state index is 0.0430. The van der Waals surface area contributed by atoms with Gasteiger partial charge in [0.2, 0.25) is 11.8 Å². The molecule has 0 bridgehead atoms. The number of nitrogens with one attached hydrogen (secondary N) is 1. The molecule has 1 aliphatic heterocycles. The van der Waals surface area contributed by atoms with Crippen LogP contribution in [0.5, 0.6) is 5.75 Å². The lowest BCUT2D eigenvalue weighted by Crippen LogP contribution is -2.51. The average molecular weight is 322 g/mol. The van der Waals surface area contributed by atoms with Crippen LogP contribution in [0.15, 0.2) is 24.3 Å². The van der Waals surface area contributed by atoms with Gasteiger partial charge in [0, 0.05) is 13.0 Å². The molecule has 0 aliphatic carbocycles. The second kappa shape index (κ2) is 7.94. The van der Waals surface area contributed by atoms with E-state index in [1.807, 2.05) is 13.8 Å². The SMILES string of the molecule is CC(C)[C@H](C(=O)NCCOc1ccc(F)cc1)N1CCCC1=O. The van der Waals surface area contributed by atoms with Crippen molar-refractivity contribution in [1.82, 2.24) is 10.2 Å². The zero-order chi connectivity index (χ0) is 16.8. The molecule has 1 fully saturated rings. The van der Waals surface area contributed by atoms with E-state index in [1.54, 1.807) is 4.90 Å². The van der Waals surface area contributed by atoms with Gasteiger partial charge in [-0.05, 0) is 36.6 Å². The Hall–Kier alpha value is -2.11. The molecule has 2 rings (SSSR count). The lowest BCUT2D eigenvalue weighted by atomic mass is 10.0. The summed E-state index contributed by atoms with van der Waals surface area (Å²) in [7, 11) is 0. The van der Waals surface area contributed by atoms with Crippen molar-refractivity contribution < 1.29 is 18.7 Å². The maximum Gasteiger partial charge on any atom is 0.243 e. The monoisotopic (exact) mass is 322 g/mol. The minimum atomic E-state index is -0.434. The normalized spacial score (nSPS) is 15.8. The second-order valence-corrected chi connectivity index (χ2v) is 5.97. The lowest BCUT2D eigenvalue weighted by Gasteiger charge is -2.29. The molecule has 1 heterocycles. The van der Waals surface area contributed by atoms with E-state index in [4.69, 9.17) is 4.74 Å². The molecule has 23 heavy (non-hydrogen) atoms. The third-order valence-corrected chi connectivity index (χ3v) is 3.83. The van der Waals surface area contributed by atoms with Crippen molar-refractivity contribution in [3.63, 3.8) is 0 Å². The molecule has 2 amide bonds. The van der Waals surface area contributed by atoms with Gasteiger partial charge in [0.25, 0.3) is 0 Å². The third kappa shape index (κ3) is 4.68. The number of carbonyl (C=O) groups excluding carboxylic acids is 2. The largest absolute Gasteiger partial charge is 0.492 e. The maximum absolute atomic E-state index is 12.8. The first-order valence-corrected chi connectivity index (χ1v) is 7.94. The van der Waals surface area contributed by atoms with Crippen molar-refractivity contribution >= 4 is 11.8 Å². The number of nitrogens with zero attached hydrogens (tertiary/aromatic N) is 1. The smallest absolute Gasteiger partial charge is 0.243 e. The number of likely N-dealkylation sites (tertiary alicyclic amines) is 1. The van der Waals surface area contributed by atoms with Gasteiger partial charge in [-0.3, -0.25) is 9.59 Å². The van der Waals surface area contributed by atoms with Crippen molar-refractivity contribution in [2.24, 2.45) is 5.92 Å². The van der Waals surface area contributed by atoms with Gasteiger partial charge in [0.05, 0.1) is 6.54 Å². The van der Waals surface area contributed by atoms with Crippen LogP contribution in [0.1, 0.15) is 26.7 Å². The molecule has 1 aliphatic rings. The van der Waals surface area contributed by atoms with Crippen LogP contribution in [-0.2, 0) is 9.59 Å². The summed E-state index contributed by atoms with van der Waals surface area (Å²) >= 11 is 0. The van der Waals surface area contributed by atoms with Crippen molar-refractivity contribution in [1.29, 1.82) is 0 Å². The van der Waals surface area contributed by atoms with Crippen LogP contribution in [0.25, 0.3) is 0 Å². The van der Waals surface area contributed by atoms with Gasteiger partial charge in [-0.25, -0.2) is 4.39 Å². The van der Waals surface area contributed by atoms with E-state index in [0.717, 1.165) is 6.42 Å². The van der Waals surface area contributed by atoms with Crippen molar-refractivity contribution in [3.05, 3.63) is 30.1 Å². The van der Waals surface area contributed by atoms with Gasteiger partial charge < -0.3 is 15.0 Å². The van der Waals surface area contributed by atoms with E-state index < -0.39 is 6.04 Å². The Labute approximate surface area is 135 Å². The summed E-state index contributed by atoms with van der Waals surface area (Å²) in [6.07, 6.45) is 1.33. The number of carbonyl (C=O) groups is 2. The second-order valence-electron chi connectivity index (χ2n) is 5.97. The van der Waals surface area contributed by atoms with Gasteiger partial charge in [-0.1, -0.05) is 13.8 Å². The quantitative estimate of drug-likeness (QED) is 0.781. The van der Waals surface area contributed by atoms with Crippen LogP contribution in [0.2, 0.25) is 0 Å². The van der Waals surface area contributed by atoms with Crippen molar-refractivity contribution in [2.45, 2.75) is 32.7 Å². The van der Waals surface area contributed by atoms with Gasteiger partial charge in [-0.15, -0.1) is 0 Å². The summed E-state index contributed by atoms with van der Waals surface area (Å²) in [5.74, 6) is 0.172. The molecular weight excluding hydrogens is 299 g/mol. The maximum atomic E-state index is 12.8. The highest BCUT2D eigenvalue weighted by Gasteiger charge is 2.34. The molecule has 1 aromatic rings. The molecule has 0 aromatic heterocycles. The minimum Gasteiger partial charge on any atom is -0.492 e. The summed E-state index contributed by atoms with van der Waals surface area (Å²) in [6, 6.07) is 5.29. The number of benzene rings is 1. The van der Waals surface area contributed by atoms with E-state index in [0.29, 0.717) is 25.3 Å². The first-order chi connectivity index (χ1) is 11.0. The van der Waals surface area contributed by atoms with E-state index in [2.05, 4.69) is 5.32 Å². The summed E-state index contributed by atoms with van der Waals surface area (Å²) in [4.78, 5) is 25.9. The fraction of sp³-hybridized carbons (Fsp3) is 0.529. The summed E-state index contributed by atoms with van der Waals surface area (Å²) in [5.41, 5.74) is 0. The Morgan fingerprint density at radius 1 is 1.35 bits per heavy atom. The Balaban J connectivity index is 1.80. The number of hydrogen-bond acceptors (Lipinski definition) is 3. The first-order valence-electron chi connectivity index (χ1n) is 7.94. The molecule has 1 atom stereocenters. The van der Waals surface area contributed by atoms with Crippen LogP contribution in [0.4, 0.5) is 4.39 Å². The zero-order valence-electron chi connectivity index (χ0n) is 13.5. The molecule has 0 saturated carbocycles. The molecule has 1 saturated heterocycles. The number of ether oxygens (including phenoxy) is 1. The lowest BCUT2D eigenvalue weighted by molar-refractivity contribution is -0.139. The molecular formula is C17H23FN2O3. The van der Waals surface area contributed by atoms with E-state index >= 15 is 0 Å². The highest BCUT2D eigenvalue weighted by atomic mass is 19.1. The highest BCUT2D eigenvalue weighted by molar-refractivity contribution is 5.88. The number of halogens is 1. The highest BCUT2D eigenvalue weighted by Crippen LogP contribution is 2.19. The summed E-state index contributed by atoms with van der Waals surface area (Å²) in [5, 5.41) is 2.81. The molecule has 0 unspecified atom stereocenters. The van der Waals surface area contributed by atoms with E-state index in [9.17, 15) is 14.0 Å². The number of hydrogen-bond donors (Lipinski definition) is 1. The first kappa shape index (κ1) is 17.2. The molecule has 126 valence electrons. The summed E-state index contributed by atoms with van der Waals surface area (Å²) in [6.45, 7) is 5.13. The molecule has 5 nitrogen and oxygen atoms in total. The van der Waals surface area contributed by atoms with E-state index in [-0.39, 0.29) is 30.2 Å². The van der Waals surface area contributed by atoms with Gasteiger partial charge in [-0.2, -0.15) is 0 Å². The van der Waals surface area contributed by atoms with Crippen LogP contribution in [0.3, 0.4) is 0 Å². The van der Waals surface area contributed by atoms with Gasteiger partial charge in [0.1, 0.15) is 24.2 Å². The van der Waals surface area contributed by atoms with E-state index in [1.165, 1.54) is 24.3 Å². The third-order valence-electron chi connectivity index (χ3n) is 3.83. The molecule has 0 radical (unpaired) electrons. The van der Waals surface area contributed by atoms with Gasteiger partial charge in [0.15, 0.2) is 0 Å². The Kier molecular flexibility index (Phi) is 5.96. The molecule has 1 N–H and O–H groups in total. The molecule has 0 spiro atoms. The zero-order valence-corrected chi connectivity index (χ0v) is 13.5. The fourth-order valence-electron chi connectivity index (χ4n) is 2.75. The Bertz CT molecular complexity index is 545. The van der Waals surface area contributed by atoms with Gasteiger partial charge >= 0.3 is 0 Å². The van der Waals surface area contributed by atoms with Crippen LogP contribution < -0.4 is 10.1 Å². The predicted octanol–water partition coefficient (Wildman–Crippen LogP) is 1.97. The molecule has 6 heteroatoms. The van der Waals surface area contributed by atoms with Crippen LogP contribution in [0, 0.1) is 11.7 Å². The average Bonchev–Trinajstić information content (AvgIpc) is 2.91. The Morgan fingerprint density at radius 2 is 2.04 bits per heavy atom. The topological polar surface area (TPSA) is 58.6 Å². The Morgan fingerprint density at radius 3 is 2.61 bits per heavy atom. The predicted molar refractivity (Wildman–Crippen MR) is 84.5 cm³/mol. The molecule has 1 aromatic carbocycles.